The second-order valence-electron chi connectivity index (χ2n) is 5.71. The van der Waals surface area contributed by atoms with E-state index in [4.69, 9.17) is 4.74 Å². The maximum atomic E-state index is 12.0. The number of nitrogens with one attached hydrogen (secondary N) is 2. The van der Waals surface area contributed by atoms with E-state index in [0.29, 0.717) is 13.0 Å². The largest absolute Gasteiger partial charge is 0.444 e. The predicted molar refractivity (Wildman–Crippen MR) is 73.0 cm³/mol. The number of likely N-dealkylation sites (tertiary alicyclic amines) is 1. The van der Waals surface area contributed by atoms with E-state index in [1.807, 2.05) is 0 Å². The Morgan fingerprint density at radius 2 is 1.95 bits per heavy atom. The van der Waals surface area contributed by atoms with Crippen LogP contribution in [0.5, 0.6) is 0 Å². The number of carbonyl (C=O) groups excluding carboxylic acids is 3. The smallest absolute Gasteiger partial charge is 0.408 e. The van der Waals surface area contributed by atoms with Gasteiger partial charge in [0.05, 0.1) is 0 Å². The monoisotopic (exact) mass is 285 g/mol. The van der Waals surface area contributed by atoms with Crippen molar-refractivity contribution in [3.8, 4) is 0 Å². The zero-order valence-electron chi connectivity index (χ0n) is 12.5. The second kappa shape index (κ2) is 6.58. The number of ether oxygens (including phenoxy) is 1. The number of amides is 3. The molecule has 114 valence electrons. The van der Waals surface area contributed by atoms with Gasteiger partial charge in [-0.3, -0.25) is 9.59 Å². The molecular formula is C13H23N3O4. The lowest BCUT2D eigenvalue weighted by Gasteiger charge is -2.24. The van der Waals surface area contributed by atoms with Gasteiger partial charge < -0.3 is 20.3 Å². The average Bonchev–Trinajstić information content (AvgIpc) is 2.82. The molecule has 20 heavy (non-hydrogen) atoms. The van der Waals surface area contributed by atoms with Crippen molar-refractivity contribution in [2.75, 3.05) is 20.1 Å². The van der Waals surface area contributed by atoms with Gasteiger partial charge in [-0.1, -0.05) is 0 Å². The lowest BCUT2D eigenvalue weighted by Crippen LogP contribution is -2.48. The Labute approximate surface area is 119 Å². The molecule has 1 aliphatic rings. The molecule has 1 saturated heterocycles. The highest BCUT2D eigenvalue weighted by atomic mass is 16.6. The number of carbonyl (C=O) groups is 3. The number of nitrogens with zero attached hydrogens (tertiary/aromatic N) is 1. The molecule has 1 heterocycles. The maximum Gasteiger partial charge on any atom is 0.408 e. The van der Waals surface area contributed by atoms with E-state index in [2.05, 4.69) is 10.6 Å². The lowest BCUT2D eigenvalue weighted by molar-refractivity contribution is -0.137. The Hall–Kier alpha value is -1.79. The first-order valence-corrected chi connectivity index (χ1v) is 6.72. The van der Waals surface area contributed by atoms with Gasteiger partial charge >= 0.3 is 6.09 Å². The highest BCUT2D eigenvalue weighted by Gasteiger charge is 2.33. The van der Waals surface area contributed by atoms with E-state index >= 15 is 0 Å². The number of hydrogen-bond acceptors (Lipinski definition) is 4. The van der Waals surface area contributed by atoms with Gasteiger partial charge in [-0.25, -0.2) is 4.79 Å². The first-order valence-electron chi connectivity index (χ1n) is 6.72. The highest BCUT2D eigenvalue weighted by molar-refractivity contribution is 5.89. The quantitative estimate of drug-likeness (QED) is 0.778. The van der Waals surface area contributed by atoms with Crippen LogP contribution in [0.1, 0.15) is 33.6 Å². The Kier molecular flexibility index (Phi) is 5.35. The van der Waals surface area contributed by atoms with Crippen LogP contribution in [0.25, 0.3) is 0 Å². The summed E-state index contributed by atoms with van der Waals surface area (Å²) in [6, 6.07) is -0.437. The van der Waals surface area contributed by atoms with Gasteiger partial charge in [0.2, 0.25) is 11.8 Å². The topological polar surface area (TPSA) is 87.7 Å². The minimum absolute atomic E-state index is 0.164. The van der Waals surface area contributed by atoms with Gasteiger partial charge in [-0.05, 0) is 33.6 Å². The molecule has 0 radical (unpaired) electrons. The molecule has 1 aliphatic heterocycles. The van der Waals surface area contributed by atoms with Crippen LogP contribution in [-0.2, 0) is 14.3 Å². The first kappa shape index (κ1) is 16.3. The third-order valence-electron chi connectivity index (χ3n) is 2.91. The van der Waals surface area contributed by atoms with Gasteiger partial charge in [-0.15, -0.1) is 0 Å². The van der Waals surface area contributed by atoms with E-state index in [-0.39, 0.29) is 18.4 Å². The van der Waals surface area contributed by atoms with Crippen LogP contribution < -0.4 is 10.6 Å². The van der Waals surface area contributed by atoms with Crippen LogP contribution in [0.2, 0.25) is 0 Å². The molecule has 1 rings (SSSR count). The number of likely N-dealkylation sites (N-methyl/N-ethyl adjacent to an activating group) is 1. The van der Waals surface area contributed by atoms with Crippen molar-refractivity contribution in [1.29, 1.82) is 0 Å². The molecule has 7 heteroatoms. The van der Waals surface area contributed by atoms with Gasteiger partial charge in [-0.2, -0.15) is 0 Å². The summed E-state index contributed by atoms with van der Waals surface area (Å²) in [5, 5.41) is 4.95. The lowest BCUT2D eigenvalue weighted by atomic mass is 10.2. The van der Waals surface area contributed by atoms with Crippen molar-refractivity contribution in [2.45, 2.75) is 45.3 Å². The first-order chi connectivity index (χ1) is 9.24. The summed E-state index contributed by atoms with van der Waals surface area (Å²) in [5.41, 5.74) is -0.606. The Morgan fingerprint density at radius 3 is 2.50 bits per heavy atom. The normalized spacial score (nSPS) is 18.6. The molecule has 1 unspecified atom stereocenters. The molecule has 7 nitrogen and oxygen atoms in total. The van der Waals surface area contributed by atoms with E-state index in [0.717, 1.165) is 6.42 Å². The van der Waals surface area contributed by atoms with Crippen molar-refractivity contribution in [3.05, 3.63) is 0 Å². The zero-order chi connectivity index (χ0) is 15.3. The zero-order valence-corrected chi connectivity index (χ0v) is 12.5. The molecule has 2 N–H and O–H groups in total. The fourth-order valence-electron chi connectivity index (χ4n) is 2.07. The molecule has 1 atom stereocenters. The summed E-state index contributed by atoms with van der Waals surface area (Å²) < 4.78 is 5.05. The fourth-order valence-corrected chi connectivity index (χ4v) is 2.07. The summed E-state index contributed by atoms with van der Waals surface area (Å²) in [7, 11) is 1.54. The molecule has 0 spiro atoms. The molecule has 3 amide bonds. The van der Waals surface area contributed by atoms with Gasteiger partial charge in [0, 0.05) is 13.6 Å². The molecule has 0 saturated carbocycles. The standard InChI is InChI=1S/C13H23N3O4/c1-13(2,3)20-12(19)15-8-10(17)16-7-5-6-9(16)11(18)14-4/h9H,5-8H2,1-4H3,(H,14,18)(H,15,19). The van der Waals surface area contributed by atoms with Crippen molar-refractivity contribution in [1.82, 2.24) is 15.5 Å². The third kappa shape index (κ3) is 4.71. The molecule has 0 aromatic rings. The van der Waals surface area contributed by atoms with Crippen molar-refractivity contribution < 1.29 is 19.1 Å². The van der Waals surface area contributed by atoms with E-state index in [1.54, 1.807) is 27.8 Å². The third-order valence-corrected chi connectivity index (χ3v) is 2.91. The maximum absolute atomic E-state index is 12.0. The molecule has 0 aromatic carbocycles. The van der Waals surface area contributed by atoms with Crippen LogP contribution >= 0.6 is 0 Å². The number of hydrogen-bond donors (Lipinski definition) is 2. The van der Waals surface area contributed by atoms with Crippen molar-refractivity contribution in [3.63, 3.8) is 0 Å². The van der Waals surface area contributed by atoms with Crippen LogP contribution in [0.15, 0.2) is 0 Å². The molecule has 1 fully saturated rings. The Balaban J connectivity index is 2.46. The summed E-state index contributed by atoms with van der Waals surface area (Å²) >= 11 is 0. The number of rotatable bonds is 3. The molecular weight excluding hydrogens is 262 g/mol. The predicted octanol–water partition coefficient (Wildman–Crippen LogP) is 0.248. The second-order valence-corrected chi connectivity index (χ2v) is 5.71. The van der Waals surface area contributed by atoms with Crippen molar-refractivity contribution >= 4 is 17.9 Å². The van der Waals surface area contributed by atoms with Crippen LogP contribution in [0.4, 0.5) is 4.79 Å². The average molecular weight is 285 g/mol. The van der Waals surface area contributed by atoms with Gasteiger partial charge in [0.15, 0.2) is 0 Å². The summed E-state index contributed by atoms with van der Waals surface area (Å²) in [6.07, 6.45) is 0.801. The van der Waals surface area contributed by atoms with Gasteiger partial charge in [0.25, 0.3) is 0 Å². The summed E-state index contributed by atoms with van der Waals surface area (Å²) in [4.78, 5) is 36.6. The van der Waals surface area contributed by atoms with E-state index < -0.39 is 17.7 Å². The molecule has 0 bridgehead atoms. The summed E-state index contributed by atoms with van der Waals surface area (Å²) in [6.45, 7) is 5.61. The Bertz CT molecular complexity index is 390. The highest BCUT2D eigenvalue weighted by Crippen LogP contribution is 2.17. The van der Waals surface area contributed by atoms with Gasteiger partial charge in [0.1, 0.15) is 18.2 Å². The van der Waals surface area contributed by atoms with Crippen LogP contribution in [0, 0.1) is 0 Å². The summed E-state index contributed by atoms with van der Waals surface area (Å²) in [5.74, 6) is -0.449. The fraction of sp³-hybridized carbons (Fsp3) is 0.769. The van der Waals surface area contributed by atoms with Crippen LogP contribution in [0.3, 0.4) is 0 Å². The molecule has 0 aromatic heterocycles. The van der Waals surface area contributed by atoms with E-state index in [1.165, 1.54) is 4.90 Å². The van der Waals surface area contributed by atoms with Crippen molar-refractivity contribution in [2.24, 2.45) is 0 Å². The SMILES string of the molecule is CNC(=O)C1CCCN1C(=O)CNC(=O)OC(C)(C)C. The Morgan fingerprint density at radius 1 is 1.30 bits per heavy atom. The minimum atomic E-state index is -0.637. The molecule has 0 aliphatic carbocycles. The van der Waals surface area contributed by atoms with E-state index in [9.17, 15) is 14.4 Å². The number of alkyl carbamates (subject to hydrolysis) is 1. The van der Waals surface area contributed by atoms with Crippen LogP contribution in [-0.4, -0.2) is 54.6 Å². The minimum Gasteiger partial charge on any atom is -0.444 e.